The molecule has 1 unspecified atom stereocenters. The molecule has 2 rings (SSSR count). The van der Waals surface area contributed by atoms with Gasteiger partial charge < -0.3 is 15.9 Å². The number of hydrogen-bond donors (Lipinski definition) is 2. The highest BCUT2D eigenvalue weighted by molar-refractivity contribution is 7.84. The van der Waals surface area contributed by atoms with Crippen LogP contribution < -0.4 is 11.5 Å². The van der Waals surface area contributed by atoms with E-state index in [0.29, 0.717) is 16.8 Å². The van der Waals surface area contributed by atoms with Gasteiger partial charge in [0.25, 0.3) is 5.22 Å². The molecule has 0 saturated carbocycles. The van der Waals surface area contributed by atoms with Gasteiger partial charge in [-0.2, -0.15) is 0 Å². The van der Waals surface area contributed by atoms with E-state index >= 15 is 0 Å². The molecule has 1 atom stereocenters. The first kappa shape index (κ1) is 11.6. The maximum Gasteiger partial charge on any atom is 0.287 e. The number of nitrogens with two attached hydrogens (primary N) is 2. The number of carbonyl (C=O) groups is 1. The number of benzene rings is 1. The molecule has 1 aromatic carbocycles. The summed E-state index contributed by atoms with van der Waals surface area (Å²) in [5.41, 5.74) is 12.2. The van der Waals surface area contributed by atoms with E-state index < -0.39 is 16.7 Å². The number of primary amides is 1. The van der Waals surface area contributed by atoms with E-state index in [4.69, 9.17) is 15.9 Å². The minimum atomic E-state index is -1.46. The Hall–Kier alpha value is -1.89. The van der Waals surface area contributed by atoms with Crippen molar-refractivity contribution < 1.29 is 13.4 Å². The minimum Gasteiger partial charge on any atom is -0.430 e. The molecular formula is C10H11N3O3S. The molecule has 17 heavy (non-hydrogen) atoms. The summed E-state index contributed by atoms with van der Waals surface area (Å²) in [7, 11) is -1.46. The van der Waals surface area contributed by atoms with Crippen LogP contribution in [0.15, 0.2) is 27.8 Å². The Morgan fingerprint density at radius 2 is 2.24 bits per heavy atom. The number of fused-ring (bicyclic) bond motifs is 1. The average Bonchev–Trinajstić information content (AvgIpc) is 2.68. The average molecular weight is 253 g/mol. The zero-order valence-electron chi connectivity index (χ0n) is 8.88. The maximum absolute atomic E-state index is 11.7. The number of carbonyl (C=O) groups excluding carboxylic acids is 1. The van der Waals surface area contributed by atoms with Gasteiger partial charge in [0.15, 0.2) is 5.58 Å². The highest BCUT2D eigenvalue weighted by atomic mass is 32.2. The van der Waals surface area contributed by atoms with Crippen molar-refractivity contribution in [3.05, 3.63) is 18.2 Å². The smallest absolute Gasteiger partial charge is 0.287 e. The minimum absolute atomic E-state index is 0.0352. The van der Waals surface area contributed by atoms with Crippen LogP contribution in [0.5, 0.6) is 0 Å². The van der Waals surface area contributed by atoms with Crippen molar-refractivity contribution in [3.8, 4) is 0 Å². The standard InChI is InChI=1S/C10H11N3O3S/c11-6-1-2-7-8(5-6)16-10(13-7)17(15)4-3-9(12)14/h1-2,5H,3-4,11H2,(H2,12,14). The van der Waals surface area contributed by atoms with Gasteiger partial charge in [0.1, 0.15) is 16.3 Å². The molecule has 0 fully saturated rings. The molecule has 4 N–H and O–H groups in total. The van der Waals surface area contributed by atoms with Crippen molar-refractivity contribution in [2.75, 3.05) is 11.5 Å². The molecule has 1 heterocycles. The van der Waals surface area contributed by atoms with Crippen molar-refractivity contribution in [2.45, 2.75) is 11.6 Å². The van der Waals surface area contributed by atoms with Crippen molar-refractivity contribution in [3.63, 3.8) is 0 Å². The second kappa shape index (κ2) is 4.54. The second-order valence-electron chi connectivity index (χ2n) is 3.47. The van der Waals surface area contributed by atoms with Gasteiger partial charge in [-0.05, 0) is 12.1 Å². The third-order valence-corrected chi connectivity index (χ3v) is 3.26. The number of nitrogens with zero attached hydrogens (tertiary/aromatic N) is 1. The molecule has 1 amide bonds. The van der Waals surface area contributed by atoms with Gasteiger partial charge in [-0.25, -0.2) is 9.19 Å². The van der Waals surface area contributed by atoms with Crippen LogP contribution in [0.2, 0.25) is 0 Å². The van der Waals surface area contributed by atoms with Crippen LogP contribution >= 0.6 is 0 Å². The number of oxazole rings is 1. The predicted molar refractivity (Wildman–Crippen MR) is 63.5 cm³/mol. The predicted octanol–water partition coefficient (Wildman–Crippen LogP) is 0.393. The summed E-state index contributed by atoms with van der Waals surface area (Å²) in [6, 6.07) is 4.97. The fourth-order valence-electron chi connectivity index (χ4n) is 1.30. The number of nitrogen functional groups attached to an aromatic ring is 1. The molecular weight excluding hydrogens is 242 g/mol. The van der Waals surface area contributed by atoms with E-state index in [9.17, 15) is 9.00 Å². The summed E-state index contributed by atoms with van der Waals surface area (Å²) >= 11 is 0. The van der Waals surface area contributed by atoms with Crippen molar-refractivity contribution in [1.29, 1.82) is 0 Å². The van der Waals surface area contributed by atoms with Crippen LogP contribution in [0.1, 0.15) is 6.42 Å². The zero-order valence-corrected chi connectivity index (χ0v) is 9.70. The summed E-state index contributed by atoms with van der Waals surface area (Å²) in [5, 5.41) is 0.0897. The molecule has 0 bridgehead atoms. The van der Waals surface area contributed by atoms with Crippen LogP contribution in [-0.4, -0.2) is 20.9 Å². The first-order chi connectivity index (χ1) is 8.06. The van der Waals surface area contributed by atoms with Gasteiger partial charge in [0, 0.05) is 23.9 Å². The fraction of sp³-hybridized carbons (Fsp3) is 0.200. The highest BCUT2D eigenvalue weighted by Crippen LogP contribution is 2.20. The summed E-state index contributed by atoms with van der Waals surface area (Å²) in [6.45, 7) is 0. The number of anilines is 1. The number of aromatic nitrogens is 1. The third-order valence-electron chi connectivity index (χ3n) is 2.12. The lowest BCUT2D eigenvalue weighted by molar-refractivity contribution is -0.117. The van der Waals surface area contributed by atoms with E-state index in [1.54, 1.807) is 18.2 Å². The molecule has 0 aliphatic rings. The zero-order chi connectivity index (χ0) is 12.4. The molecule has 90 valence electrons. The molecule has 0 saturated heterocycles. The number of rotatable bonds is 4. The second-order valence-corrected chi connectivity index (χ2v) is 4.92. The monoisotopic (exact) mass is 253 g/mol. The lowest BCUT2D eigenvalue weighted by Gasteiger charge is -1.93. The Kier molecular flexibility index (Phi) is 3.10. The van der Waals surface area contributed by atoms with Gasteiger partial charge >= 0.3 is 0 Å². The molecule has 7 heteroatoms. The summed E-state index contributed by atoms with van der Waals surface area (Å²) in [4.78, 5) is 14.6. The van der Waals surface area contributed by atoms with Gasteiger partial charge in [0.2, 0.25) is 5.91 Å². The molecule has 0 aliphatic carbocycles. The lowest BCUT2D eigenvalue weighted by Crippen LogP contribution is -2.14. The lowest BCUT2D eigenvalue weighted by atomic mass is 10.3. The number of amides is 1. The van der Waals surface area contributed by atoms with Gasteiger partial charge in [-0.3, -0.25) is 4.79 Å². The molecule has 0 spiro atoms. The maximum atomic E-state index is 11.7. The number of hydrogen-bond acceptors (Lipinski definition) is 5. The van der Waals surface area contributed by atoms with Crippen LogP contribution in [0.25, 0.3) is 11.1 Å². The Labute approximate surface area is 99.4 Å². The Bertz CT molecular complexity index is 593. The third kappa shape index (κ3) is 2.62. The van der Waals surface area contributed by atoms with Crippen molar-refractivity contribution in [2.24, 2.45) is 5.73 Å². The topological polar surface area (TPSA) is 112 Å². The van der Waals surface area contributed by atoms with Gasteiger partial charge in [-0.1, -0.05) is 0 Å². The fourth-order valence-corrected chi connectivity index (χ4v) is 2.24. The molecule has 2 aromatic rings. The normalized spacial score (nSPS) is 12.7. The van der Waals surface area contributed by atoms with E-state index in [0.717, 1.165) is 0 Å². The highest BCUT2D eigenvalue weighted by Gasteiger charge is 2.13. The van der Waals surface area contributed by atoms with E-state index in [1.165, 1.54) is 0 Å². The van der Waals surface area contributed by atoms with E-state index in [1.807, 2.05) is 0 Å². The van der Waals surface area contributed by atoms with Crippen LogP contribution in [0, 0.1) is 0 Å². The summed E-state index contributed by atoms with van der Waals surface area (Å²) in [6.07, 6.45) is 0.0352. The van der Waals surface area contributed by atoms with Gasteiger partial charge in [-0.15, -0.1) is 0 Å². The first-order valence-corrected chi connectivity index (χ1v) is 6.21. The largest absolute Gasteiger partial charge is 0.430 e. The van der Waals surface area contributed by atoms with Crippen molar-refractivity contribution >= 4 is 33.5 Å². The Morgan fingerprint density at radius 1 is 1.47 bits per heavy atom. The first-order valence-electron chi connectivity index (χ1n) is 4.89. The van der Waals surface area contributed by atoms with E-state index in [-0.39, 0.29) is 17.4 Å². The SMILES string of the molecule is NC(=O)CCS(=O)c1nc2ccc(N)cc2o1. The van der Waals surface area contributed by atoms with Gasteiger partial charge in [0.05, 0.1) is 0 Å². The summed E-state index contributed by atoms with van der Waals surface area (Å²) in [5.74, 6) is -0.392. The Balaban J connectivity index is 2.24. The van der Waals surface area contributed by atoms with Crippen LogP contribution in [0.3, 0.4) is 0 Å². The Morgan fingerprint density at radius 3 is 2.94 bits per heavy atom. The molecule has 0 radical (unpaired) electrons. The summed E-state index contributed by atoms with van der Waals surface area (Å²) < 4.78 is 17.0. The van der Waals surface area contributed by atoms with Crippen molar-refractivity contribution in [1.82, 2.24) is 4.98 Å². The molecule has 6 nitrogen and oxygen atoms in total. The van der Waals surface area contributed by atoms with Crippen LogP contribution in [-0.2, 0) is 15.6 Å². The molecule has 1 aromatic heterocycles. The van der Waals surface area contributed by atoms with E-state index in [2.05, 4.69) is 4.98 Å². The molecule has 0 aliphatic heterocycles. The van der Waals surface area contributed by atoms with Crippen LogP contribution in [0.4, 0.5) is 5.69 Å². The quantitative estimate of drug-likeness (QED) is 0.765.